The normalized spacial score (nSPS) is 11.5. The van der Waals surface area contributed by atoms with Crippen molar-refractivity contribution in [1.29, 1.82) is 0 Å². The standard InChI is InChI=1S/C35H39NO10/c1-22(2)33(40)45-29-14-7-25(8-15-29)20-43-35(42)27-11-5-24(6-12-27)19-28(32(38)39)13-18-31(37)36-44-21-26-9-16-30(17-10-26)46-34(41)23(3)4/h5-12,14-17,22-23,28H,13,18-21H2,1-4H3,(H,36,37)(H,38,39). The predicted molar refractivity (Wildman–Crippen MR) is 166 cm³/mol. The smallest absolute Gasteiger partial charge is 0.338 e. The zero-order valence-electron chi connectivity index (χ0n) is 26.3. The molecule has 0 fully saturated rings. The third-order valence-corrected chi connectivity index (χ3v) is 6.76. The van der Waals surface area contributed by atoms with E-state index in [2.05, 4.69) is 5.48 Å². The largest absolute Gasteiger partial charge is 0.481 e. The van der Waals surface area contributed by atoms with Crippen LogP contribution in [0.4, 0.5) is 0 Å². The molecule has 0 spiro atoms. The maximum atomic E-state index is 12.5. The number of rotatable bonds is 16. The fourth-order valence-corrected chi connectivity index (χ4v) is 3.94. The van der Waals surface area contributed by atoms with Gasteiger partial charge in [0.05, 0.1) is 29.9 Å². The molecule has 2 N–H and O–H groups in total. The minimum atomic E-state index is -1.04. The second-order valence-corrected chi connectivity index (χ2v) is 11.3. The van der Waals surface area contributed by atoms with E-state index in [9.17, 15) is 29.1 Å². The van der Waals surface area contributed by atoms with Crippen LogP contribution in [0, 0.1) is 17.8 Å². The van der Waals surface area contributed by atoms with Crippen LogP contribution >= 0.6 is 0 Å². The van der Waals surface area contributed by atoms with Crippen LogP contribution in [-0.2, 0) is 48.4 Å². The first kappa shape index (κ1) is 35.4. The Morgan fingerprint density at radius 2 is 1.15 bits per heavy atom. The van der Waals surface area contributed by atoms with E-state index < -0.39 is 23.8 Å². The molecule has 0 aliphatic carbocycles. The van der Waals surface area contributed by atoms with E-state index >= 15 is 0 Å². The van der Waals surface area contributed by atoms with Crippen molar-refractivity contribution in [2.75, 3.05) is 0 Å². The maximum Gasteiger partial charge on any atom is 0.338 e. The SMILES string of the molecule is CC(C)C(=O)Oc1ccc(CONC(=O)CCC(Cc2ccc(C(=O)OCc3ccc(OC(=O)C(C)C)cc3)cc2)C(=O)O)cc1. The number of esters is 3. The van der Waals surface area contributed by atoms with Gasteiger partial charge in [-0.15, -0.1) is 0 Å². The maximum absolute atomic E-state index is 12.5. The van der Waals surface area contributed by atoms with Gasteiger partial charge >= 0.3 is 23.9 Å². The number of carboxylic acids is 1. The summed E-state index contributed by atoms with van der Waals surface area (Å²) in [5.41, 5.74) is 4.77. The van der Waals surface area contributed by atoms with Crippen LogP contribution in [0.1, 0.15) is 67.6 Å². The van der Waals surface area contributed by atoms with E-state index in [-0.39, 0.29) is 56.3 Å². The number of carboxylic acid groups (broad SMARTS) is 1. The molecule has 11 heteroatoms. The fraction of sp³-hybridized carbons (Fsp3) is 0.343. The molecule has 0 bridgehead atoms. The molecule has 3 aromatic carbocycles. The lowest BCUT2D eigenvalue weighted by molar-refractivity contribution is -0.143. The van der Waals surface area contributed by atoms with E-state index in [1.807, 2.05) is 0 Å². The highest BCUT2D eigenvalue weighted by molar-refractivity contribution is 5.89. The molecule has 0 saturated heterocycles. The first-order chi connectivity index (χ1) is 21.9. The Bertz CT molecular complexity index is 1480. The lowest BCUT2D eigenvalue weighted by Gasteiger charge is -2.13. The molecule has 3 rings (SSSR count). The molecule has 0 aliphatic heterocycles. The lowest BCUT2D eigenvalue weighted by Crippen LogP contribution is -2.25. The minimum Gasteiger partial charge on any atom is -0.481 e. The zero-order chi connectivity index (χ0) is 33.6. The first-order valence-corrected chi connectivity index (χ1v) is 14.9. The van der Waals surface area contributed by atoms with Gasteiger partial charge < -0.3 is 19.3 Å². The van der Waals surface area contributed by atoms with E-state index in [4.69, 9.17) is 19.0 Å². The Labute approximate surface area is 267 Å². The second-order valence-electron chi connectivity index (χ2n) is 11.3. The number of nitrogens with one attached hydrogen (secondary N) is 1. The first-order valence-electron chi connectivity index (χ1n) is 14.9. The van der Waals surface area contributed by atoms with Crippen LogP contribution in [0.25, 0.3) is 0 Å². The van der Waals surface area contributed by atoms with Crippen LogP contribution < -0.4 is 15.0 Å². The quantitative estimate of drug-likeness (QED) is 0.118. The van der Waals surface area contributed by atoms with E-state index in [0.29, 0.717) is 28.2 Å². The van der Waals surface area contributed by atoms with Crippen LogP contribution in [-0.4, -0.2) is 34.9 Å². The number of ether oxygens (including phenoxy) is 3. The molecule has 1 atom stereocenters. The van der Waals surface area contributed by atoms with E-state index in [1.54, 1.807) is 100 Å². The molecule has 0 aromatic heterocycles. The Hall–Kier alpha value is -5.03. The summed E-state index contributed by atoms with van der Waals surface area (Å²) in [4.78, 5) is 65.3. The van der Waals surface area contributed by atoms with Crippen molar-refractivity contribution in [3.8, 4) is 11.5 Å². The molecule has 0 heterocycles. The van der Waals surface area contributed by atoms with Crippen LogP contribution in [0.15, 0.2) is 72.8 Å². The monoisotopic (exact) mass is 633 g/mol. The van der Waals surface area contributed by atoms with Crippen molar-refractivity contribution in [2.45, 2.75) is 60.2 Å². The number of aliphatic carboxylic acids is 1. The van der Waals surface area contributed by atoms with Gasteiger partial charge in [-0.1, -0.05) is 64.1 Å². The summed E-state index contributed by atoms with van der Waals surface area (Å²) in [7, 11) is 0. The number of benzene rings is 3. The van der Waals surface area contributed by atoms with Gasteiger partial charge in [0.1, 0.15) is 18.1 Å². The van der Waals surface area contributed by atoms with Crippen molar-refractivity contribution in [2.24, 2.45) is 17.8 Å². The number of amides is 1. The molecular weight excluding hydrogens is 594 g/mol. The topological polar surface area (TPSA) is 155 Å². The fourth-order valence-electron chi connectivity index (χ4n) is 3.94. The average molecular weight is 634 g/mol. The van der Waals surface area contributed by atoms with Gasteiger partial charge in [0.15, 0.2) is 0 Å². The summed E-state index contributed by atoms with van der Waals surface area (Å²) >= 11 is 0. The third kappa shape index (κ3) is 11.8. The number of carbonyl (C=O) groups is 5. The van der Waals surface area contributed by atoms with Crippen molar-refractivity contribution in [3.63, 3.8) is 0 Å². The predicted octanol–water partition coefficient (Wildman–Crippen LogP) is 5.44. The average Bonchev–Trinajstić information content (AvgIpc) is 3.03. The highest BCUT2D eigenvalue weighted by Crippen LogP contribution is 2.19. The van der Waals surface area contributed by atoms with Gasteiger partial charge in [-0.05, 0) is 65.9 Å². The molecule has 3 aromatic rings. The lowest BCUT2D eigenvalue weighted by atomic mass is 9.94. The molecule has 244 valence electrons. The summed E-state index contributed by atoms with van der Waals surface area (Å²) in [6.07, 6.45) is 0.187. The molecule has 1 amide bonds. The summed E-state index contributed by atoms with van der Waals surface area (Å²) in [6, 6.07) is 19.8. The van der Waals surface area contributed by atoms with Gasteiger partial charge in [0, 0.05) is 6.42 Å². The number of hydrogen-bond donors (Lipinski definition) is 2. The van der Waals surface area contributed by atoms with Crippen molar-refractivity contribution in [1.82, 2.24) is 5.48 Å². The molecule has 0 aliphatic rings. The van der Waals surface area contributed by atoms with Gasteiger partial charge in [-0.25, -0.2) is 10.3 Å². The van der Waals surface area contributed by atoms with E-state index in [1.165, 1.54) is 0 Å². The molecular formula is C35H39NO10. The Morgan fingerprint density at radius 3 is 1.63 bits per heavy atom. The Morgan fingerprint density at radius 1 is 0.674 bits per heavy atom. The molecule has 0 saturated carbocycles. The third-order valence-electron chi connectivity index (χ3n) is 6.76. The molecule has 1 unspecified atom stereocenters. The Kier molecular flexibility index (Phi) is 13.5. The molecule has 0 radical (unpaired) electrons. The zero-order valence-corrected chi connectivity index (χ0v) is 26.3. The van der Waals surface area contributed by atoms with Crippen molar-refractivity contribution in [3.05, 3.63) is 95.1 Å². The summed E-state index contributed by atoms with van der Waals surface area (Å²) in [5.74, 6) is -3.22. The Balaban J connectivity index is 1.40. The minimum absolute atomic E-state index is 0.0215. The summed E-state index contributed by atoms with van der Waals surface area (Å²) in [6.45, 7) is 7.06. The number of hydrogen-bond acceptors (Lipinski definition) is 9. The summed E-state index contributed by atoms with van der Waals surface area (Å²) < 4.78 is 15.8. The molecule has 46 heavy (non-hydrogen) atoms. The van der Waals surface area contributed by atoms with Gasteiger partial charge in [-0.3, -0.25) is 24.0 Å². The highest BCUT2D eigenvalue weighted by atomic mass is 16.6. The van der Waals surface area contributed by atoms with Crippen molar-refractivity contribution < 1.29 is 48.1 Å². The number of carbonyl (C=O) groups excluding carboxylic acids is 4. The second kappa shape index (κ2) is 17.5. The highest BCUT2D eigenvalue weighted by Gasteiger charge is 2.20. The van der Waals surface area contributed by atoms with Gasteiger partial charge in [-0.2, -0.15) is 0 Å². The van der Waals surface area contributed by atoms with Crippen LogP contribution in [0.3, 0.4) is 0 Å². The van der Waals surface area contributed by atoms with E-state index in [0.717, 1.165) is 5.56 Å². The molecule has 11 nitrogen and oxygen atoms in total. The van der Waals surface area contributed by atoms with Gasteiger partial charge in [0.2, 0.25) is 5.91 Å². The number of hydroxylamine groups is 1. The van der Waals surface area contributed by atoms with Gasteiger partial charge in [0.25, 0.3) is 0 Å². The van der Waals surface area contributed by atoms with Crippen LogP contribution in [0.2, 0.25) is 0 Å². The van der Waals surface area contributed by atoms with Crippen molar-refractivity contribution >= 4 is 29.8 Å². The van der Waals surface area contributed by atoms with Crippen LogP contribution in [0.5, 0.6) is 11.5 Å². The summed E-state index contributed by atoms with van der Waals surface area (Å²) in [5, 5.41) is 9.69.